The van der Waals surface area contributed by atoms with E-state index < -0.39 is 39.1 Å². The van der Waals surface area contributed by atoms with Gasteiger partial charge in [0.1, 0.15) is 0 Å². The Morgan fingerprint density at radius 3 is 1.52 bits per heavy atom. The van der Waals surface area contributed by atoms with Crippen molar-refractivity contribution < 1.29 is 47.7 Å². The number of rotatable bonds is 6. The van der Waals surface area contributed by atoms with Gasteiger partial charge in [0, 0.05) is 0 Å². The van der Waals surface area contributed by atoms with Crippen LogP contribution in [0.15, 0.2) is 47.6 Å². The SMILES string of the molecule is CC[Si]1([C]2([Hf+2][C]3([Si]4(CC)CCC4)CCC4CC=CC=C43)CCC3CC=CC=C32)CCC1.[Cl-].[Cl-]. The minimum atomic E-state index is -1.13. The van der Waals surface area contributed by atoms with Gasteiger partial charge in [-0.15, -0.1) is 0 Å². The zero-order valence-corrected chi connectivity index (χ0v) is 27.9. The van der Waals surface area contributed by atoms with Crippen LogP contribution in [-0.4, -0.2) is 16.1 Å². The van der Waals surface area contributed by atoms with Crippen molar-refractivity contribution in [3.63, 3.8) is 0 Å². The van der Waals surface area contributed by atoms with Gasteiger partial charge in [0.05, 0.1) is 0 Å². The smallest absolute Gasteiger partial charge is 1.00 e. The summed E-state index contributed by atoms with van der Waals surface area (Å²) in [5.74, 6) is 1.90. The minimum Gasteiger partial charge on any atom is -1.00 e. The van der Waals surface area contributed by atoms with Gasteiger partial charge in [-0.05, 0) is 0 Å². The first-order chi connectivity index (χ1) is 15.1. The van der Waals surface area contributed by atoms with Crippen molar-refractivity contribution in [3.05, 3.63) is 47.6 Å². The van der Waals surface area contributed by atoms with Gasteiger partial charge in [0.2, 0.25) is 0 Å². The summed E-state index contributed by atoms with van der Waals surface area (Å²) >= 11 is -0.943. The first kappa shape index (κ1) is 26.9. The van der Waals surface area contributed by atoms with Crippen molar-refractivity contribution in [3.8, 4) is 0 Å². The van der Waals surface area contributed by atoms with Gasteiger partial charge in [0.15, 0.2) is 0 Å². The molecule has 4 unspecified atom stereocenters. The second-order valence-corrected chi connectivity index (χ2v) is 32.8. The van der Waals surface area contributed by atoms with Gasteiger partial charge >= 0.3 is 206 Å². The Labute approximate surface area is 228 Å². The van der Waals surface area contributed by atoms with Crippen LogP contribution in [-0.2, 0) is 22.9 Å². The topological polar surface area (TPSA) is 0 Å². The molecule has 2 heterocycles. The molecule has 4 fully saturated rings. The van der Waals surface area contributed by atoms with Crippen LogP contribution in [0, 0.1) is 11.8 Å². The maximum Gasteiger partial charge on any atom is -1.00 e. The van der Waals surface area contributed by atoms with Gasteiger partial charge in [-0.1, -0.05) is 0 Å². The van der Waals surface area contributed by atoms with E-state index in [1.807, 2.05) is 0 Å². The molecule has 33 heavy (non-hydrogen) atoms. The minimum absolute atomic E-state index is 0. The van der Waals surface area contributed by atoms with Crippen LogP contribution in [0.2, 0.25) is 41.9 Å². The van der Waals surface area contributed by atoms with Gasteiger partial charge in [-0.25, -0.2) is 0 Å². The Hall–Kier alpha value is 0.844. The first-order valence-corrected chi connectivity index (χ1v) is 22.5. The van der Waals surface area contributed by atoms with E-state index in [2.05, 4.69) is 61.4 Å². The molecule has 4 atom stereocenters. The zero-order valence-electron chi connectivity index (χ0n) is 20.8. The van der Waals surface area contributed by atoms with E-state index >= 15 is 0 Å². The Kier molecular flexibility index (Phi) is 8.11. The maximum absolute atomic E-state index is 2.73. The van der Waals surface area contributed by atoms with E-state index in [4.69, 9.17) is 0 Å². The predicted molar refractivity (Wildman–Crippen MR) is 135 cm³/mol. The van der Waals surface area contributed by atoms with Gasteiger partial charge in [-0.3, -0.25) is 0 Å². The summed E-state index contributed by atoms with van der Waals surface area (Å²) in [6, 6.07) is 10.00. The van der Waals surface area contributed by atoms with Crippen LogP contribution < -0.4 is 24.8 Å². The summed E-state index contributed by atoms with van der Waals surface area (Å²) in [5.41, 5.74) is 4.17. The van der Waals surface area contributed by atoms with Gasteiger partial charge < -0.3 is 24.8 Å². The monoisotopic (exact) mass is 684 g/mol. The van der Waals surface area contributed by atoms with Crippen LogP contribution in [0.3, 0.4) is 0 Å². The molecule has 0 nitrogen and oxygen atoms in total. The molecule has 2 saturated heterocycles. The van der Waals surface area contributed by atoms with E-state index in [1.165, 1.54) is 12.8 Å². The molecule has 2 aliphatic heterocycles. The third-order valence-corrected chi connectivity index (χ3v) is 44.5. The van der Waals surface area contributed by atoms with Crippen molar-refractivity contribution in [1.82, 2.24) is 0 Å². The number of fused-ring (bicyclic) bond motifs is 2. The summed E-state index contributed by atoms with van der Waals surface area (Å²) in [6.45, 7) is 5.29. The Balaban J connectivity index is 0.00000130. The fraction of sp³-hybridized carbons (Fsp3) is 0.714. The van der Waals surface area contributed by atoms with E-state index in [0.717, 1.165) is 17.4 Å². The third kappa shape index (κ3) is 3.62. The molecule has 4 aliphatic carbocycles. The average Bonchev–Trinajstić information content (AvgIpc) is 3.29. The van der Waals surface area contributed by atoms with Crippen molar-refractivity contribution in [2.24, 2.45) is 11.8 Å². The standard InChI is InChI=1S/2C14H21Si.2ClH.Hf/c2*1-2-15(10-5-11-15)14-9-8-12-6-3-4-7-13(12)14;;;/h2*3-4,7,12H,2,5-6,8-11H2,1H3;2*1H;/q;;;;+2/p-2. The molecule has 0 spiro atoms. The normalized spacial score (nSPS) is 38.8. The molecule has 180 valence electrons. The van der Waals surface area contributed by atoms with Crippen molar-refractivity contribution in [2.75, 3.05) is 0 Å². The number of halogens is 2. The molecule has 0 N–H and O–H groups in total. The molecule has 0 bridgehead atoms. The molecule has 0 aromatic heterocycles. The second kappa shape index (κ2) is 9.95. The van der Waals surface area contributed by atoms with E-state index in [-0.39, 0.29) is 24.8 Å². The Morgan fingerprint density at radius 1 is 0.758 bits per heavy atom. The van der Waals surface area contributed by atoms with Crippen LogP contribution in [0.5, 0.6) is 0 Å². The maximum atomic E-state index is 2.73. The summed E-state index contributed by atoms with van der Waals surface area (Å²) in [6.07, 6.45) is 27.8. The molecule has 2 saturated carbocycles. The zero-order chi connectivity index (χ0) is 21.2. The first-order valence-electron chi connectivity index (χ1n) is 13.7. The fourth-order valence-electron chi connectivity index (χ4n) is 9.37. The van der Waals surface area contributed by atoms with E-state index in [9.17, 15) is 0 Å². The molecule has 0 amide bonds. The molecule has 0 aromatic carbocycles. The van der Waals surface area contributed by atoms with E-state index in [0.29, 0.717) is 0 Å². The molecule has 6 rings (SSSR count). The van der Waals surface area contributed by atoms with Crippen molar-refractivity contribution >= 4 is 16.1 Å². The fourth-order valence-corrected chi connectivity index (χ4v) is 46.9. The van der Waals surface area contributed by atoms with Gasteiger partial charge in [-0.2, -0.15) is 0 Å². The van der Waals surface area contributed by atoms with Crippen LogP contribution in [0.1, 0.15) is 65.2 Å². The molecular weight excluding hydrogens is 642 g/mol. The number of allylic oxidation sites excluding steroid dienone is 8. The summed E-state index contributed by atoms with van der Waals surface area (Å²) in [4.78, 5) is 0. The largest absolute Gasteiger partial charge is 1.00 e. The summed E-state index contributed by atoms with van der Waals surface area (Å²) in [5, 5.41) is 0. The van der Waals surface area contributed by atoms with Crippen molar-refractivity contribution in [1.29, 1.82) is 0 Å². The number of hydrogen-bond donors (Lipinski definition) is 0. The number of hydrogen-bond acceptors (Lipinski definition) is 0. The van der Waals surface area contributed by atoms with Crippen LogP contribution in [0.25, 0.3) is 0 Å². The molecule has 0 radical (unpaired) electrons. The molecule has 0 aromatic rings. The van der Waals surface area contributed by atoms with Gasteiger partial charge in [0.25, 0.3) is 0 Å². The third-order valence-electron chi connectivity index (χ3n) is 11.5. The Morgan fingerprint density at radius 2 is 1.18 bits per heavy atom. The second-order valence-electron chi connectivity index (χ2n) is 12.0. The molecule has 6 aliphatic rings. The summed E-state index contributed by atoms with van der Waals surface area (Å²) < 4.78 is 1.69. The average molecular weight is 684 g/mol. The predicted octanol–water partition coefficient (Wildman–Crippen LogP) is 2.81. The Bertz CT molecular complexity index is 788. The van der Waals surface area contributed by atoms with E-state index in [1.54, 1.807) is 74.8 Å². The summed E-state index contributed by atoms with van der Waals surface area (Å²) in [7, 11) is -2.26. The van der Waals surface area contributed by atoms with Crippen LogP contribution in [0.4, 0.5) is 0 Å². The molecular formula is C28H42Cl2HfSi2. The quantitative estimate of drug-likeness (QED) is 0.378. The van der Waals surface area contributed by atoms with Crippen molar-refractivity contribution in [2.45, 2.75) is 107 Å². The van der Waals surface area contributed by atoms with Crippen LogP contribution >= 0.6 is 0 Å². The molecule has 5 heteroatoms.